The van der Waals surface area contributed by atoms with Crippen LogP contribution >= 0.6 is 0 Å². The summed E-state index contributed by atoms with van der Waals surface area (Å²) < 4.78 is 63.7. The first-order valence-corrected chi connectivity index (χ1v) is 6.00. The molecule has 1 aromatic carbocycles. The first-order valence-electron chi connectivity index (χ1n) is 6.00. The van der Waals surface area contributed by atoms with Crippen LogP contribution in [0.15, 0.2) is 36.5 Å². The van der Waals surface area contributed by atoms with Crippen LogP contribution < -0.4 is 5.73 Å². The highest BCUT2D eigenvalue weighted by atomic mass is 19.4. The molecule has 0 amide bonds. The van der Waals surface area contributed by atoms with Crippen molar-refractivity contribution in [1.82, 2.24) is 4.98 Å². The number of nitrogens with zero attached hydrogens (tertiary/aromatic N) is 1. The van der Waals surface area contributed by atoms with Gasteiger partial charge in [-0.2, -0.15) is 13.2 Å². The first kappa shape index (κ1) is 15.4. The molecule has 1 aromatic heterocycles. The molecule has 2 aromatic rings. The van der Waals surface area contributed by atoms with E-state index in [1.165, 1.54) is 0 Å². The molecular weight excluding hydrogens is 291 g/mol. The lowest BCUT2D eigenvalue weighted by Gasteiger charge is -2.13. The van der Waals surface area contributed by atoms with Crippen LogP contribution in [0.1, 0.15) is 22.9 Å². The SMILES string of the molecule is NC(Cc1cc(F)ccc1F)c1ccc(C(F)(F)F)cn1. The fourth-order valence-electron chi connectivity index (χ4n) is 1.83. The highest BCUT2D eigenvalue weighted by Gasteiger charge is 2.30. The maximum absolute atomic E-state index is 13.5. The Morgan fingerprint density at radius 2 is 1.81 bits per heavy atom. The summed E-state index contributed by atoms with van der Waals surface area (Å²) in [5.74, 6) is -1.24. The van der Waals surface area contributed by atoms with Gasteiger partial charge in [0.15, 0.2) is 0 Å². The minimum Gasteiger partial charge on any atom is -0.322 e. The van der Waals surface area contributed by atoms with Gasteiger partial charge in [0.1, 0.15) is 11.6 Å². The topological polar surface area (TPSA) is 38.9 Å². The lowest BCUT2D eigenvalue weighted by molar-refractivity contribution is -0.137. The molecule has 7 heteroatoms. The normalized spacial score (nSPS) is 13.2. The second-order valence-electron chi connectivity index (χ2n) is 4.52. The summed E-state index contributed by atoms with van der Waals surface area (Å²) in [4.78, 5) is 3.63. The maximum Gasteiger partial charge on any atom is 0.417 e. The van der Waals surface area contributed by atoms with Gasteiger partial charge in [-0.15, -0.1) is 0 Å². The van der Waals surface area contributed by atoms with Gasteiger partial charge in [0.05, 0.1) is 17.3 Å². The van der Waals surface area contributed by atoms with Gasteiger partial charge in [0, 0.05) is 6.20 Å². The number of hydrogen-bond acceptors (Lipinski definition) is 2. The van der Waals surface area contributed by atoms with Gasteiger partial charge in [0.2, 0.25) is 0 Å². The standard InChI is InChI=1S/C14H11F5N2/c15-10-2-3-11(16)8(5-10)6-12(20)13-4-1-9(7-21-13)14(17,18)19/h1-5,7,12H,6,20H2. The van der Waals surface area contributed by atoms with Crippen molar-refractivity contribution in [2.75, 3.05) is 0 Å². The zero-order chi connectivity index (χ0) is 15.6. The third-order valence-corrected chi connectivity index (χ3v) is 2.94. The quantitative estimate of drug-likeness (QED) is 0.880. The minimum atomic E-state index is -4.48. The summed E-state index contributed by atoms with van der Waals surface area (Å²) in [6, 6.07) is 4.09. The van der Waals surface area contributed by atoms with E-state index in [2.05, 4.69) is 4.98 Å². The molecule has 0 radical (unpaired) electrons. The third kappa shape index (κ3) is 3.75. The van der Waals surface area contributed by atoms with E-state index in [-0.39, 0.29) is 17.7 Å². The Hall–Kier alpha value is -2.02. The largest absolute Gasteiger partial charge is 0.417 e. The number of alkyl halides is 3. The maximum atomic E-state index is 13.5. The minimum absolute atomic E-state index is 0.0456. The molecular formula is C14H11F5N2. The van der Waals surface area contributed by atoms with Crippen LogP contribution in [0.25, 0.3) is 0 Å². The molecule has 0 bridgehead atoms. The zero-order valence-corrected chi connectivity index (χ0v) is 10.7. The van der Waals surface area contributed by atoms with E-state index >= 15 is 0 Å². The molecule has 0 spiro atoms. The molecule has 1 atom stereocenters. The van der Waals surface area contributed by atoms with E-state index in [9.17, 15) is 22.0 Å². The molecule has 0 saturated heterocycles. The van der Waals surface area contributed by atoms with Crippen molar-refractivity contribution in [1.29, 1.82) is 0 Å². The van der Waals surface area contributed by atoms with Crippen molar-refractivity contribution in [3.8, 4) is 0 Å². The van der Waals surface area contributed by atoms with Gasteiger partial charge in [-0.3, -0.25) is 4.98 Å². The molecule has 2 rings (SSSR count). The molecule has 21 heavy (non-hydrogen) atoms. The molecule has 0 aliphatic rings. The van der Waals surface area contributed by atoms with Gasteiger partial charge in [-0.25, -0.2) is 8.78 Å². The Bertz CT molecular complexity index is 622. The van der Waals surface area contributed by atoms with Crippen LogP contribution in [0.5, 0.6) is 0 Å². The summed E-state index contributed by atoms with van der Waals surface area (Å²) in [6.07, 6.45) is -3.89. The summed E-state index contributed by atoms with van der Waals surface area (Å²) in [7, 11) is 0. The molecule has 0 saturated carbocycles. The Labute approximate surface area is 117 Å². The van der Waals surface area contributed by atoms with Crippen molar-refractivity contribution < 1.29 is 22.0 Å². The van der Waals surface area contributed by atoms with Gasteiger partial charge in [0.25, 0.3) is 0 Å². The lowest BCUT2D eigenvalue weighted by Crippen LogP contribution is -2.16. The number of rotatable bonds is 3. The van der Waals surface area contributed by atoms with E-state index in [1.807, 2.05) is 0 Å². The molecule has 2 N–H and O–H groups in total. The zero-order valence-electron chi connectivity index (χ0n) is 10.7. The van der Waals surface area contributed by atoms with E-state index in [0.717, 1.165) is 30.3 Å². The molecule has 0 aliphatic heterocycles. The second kappa shape index (κ2) is 5.77. The third-order valence-electron chi connectivity index (χ3n) is 2.94. The number of benzene rings is 1. The summed E-state index contributed by atoms with van der Waals surface area (Å²) in [5.41, 5.74) is 5.10. The Kier molecular flexibility index (Phi) is 4.22. The average molecular weight is 302 g/mol. The van der Waals surface area contributed by atoms with Gasteiger partial charge in [-0.05, 0) is 42.3 Å². The first-order chi connectivity index (χ1) is 9.77. The van der Waals surface area contributed by atoms with E-state index in [1.54, 1.807) is 0 Å². The van der Waals surface area contributed by atoms with Crippen LogP contribution in [-0.2, 0) is 12.6 Å². The van der Waals surface area contributed by atoms with Crippen LogP contribution in [0.4, 0.5) is 22.0 Å². The van der Waals surface area contributed by atoms with Crippen molar-refractivity contribution in [3.63, 3.8) is 0 Å². The van der Waals surface area contributed by atoms with Gasteiger partial charge >= 0.3 is 6.18 Å². The van der Waals surface area contributed by atoms with Crippen LogP contribution in [0, 0.1) is 11.6 Å². The number of pyridine rings is 1. The predicted molar refractivity (Wildman–Crippen MR) is 66.2 cm³/mol. The van der Waals surface area contributed by atoms with Crippen molar-refractivity contribution in [3.05, 3.63) is 65.0 Å². The van der Waals surface area contributed by atoms with E-state index in [4.69, 9.17) is 5.73 Å². The van der Waals surface area contributed by atoms with Gasteiger partial charge < -0.3 is 5.73 Å². The Morgan fingerprint density at radius 1 is 1.10 bits per heavy atom. The molecule has 1 unspecified atom stereocenters. The lowest BCUT2D eigenvalue weighted by atomic mass is 10.0. The second-order valence-corrected chi connectivity index (χ2v) is 4.52. The smallest absolute Gasteiger partial charge is 0.322 e. The number of halogens is 5. The van der Waals surface area contributed by atoms with Gasteiger partial charge in [-0.1, -0.05) is 0 Å². The summed E-state index contributed by atoms with van der Waals surface area (Å²) >= 11 is 0. The summed E-state index contributed by atoms with van der Waals surface area (Å²) in [5, 5.41) is 0. The highest BCUT2D eigenvalue weighted by molar-refractivity contribution is 5.23. The summed E-state index contributed by atoms with van der Waals surface area (Å²) in [6.45, 7) is 0. The monoisotopic (exact) mass is 302 g/mol. The number of nitrogens with two attached hydrogens (primary N) is 1. The van der Waals surface area contributed by atoms with E-state index in [0.29, 0.717) is 6.20 Å². The highest BCUT2D eigenvalue weighted by Crippen LogP contribution is 2.29. The molecule has 1 heterocycles. The molecule has 2 nitrogen and oxygen atoms in total. The fraction of sp³-hybridized carbons (Fsp3) is 0.214. The number of aromatic nitrogens is 1. The molecule has 0 aliphatic carbocycles. The van der Waals surface area contributed by atoms with Crippen molar-refractivity contribution >= 4 is 0 Å². The van der Waals surface area contributed by atoms with Crippen LogP contribution in [0.3, 0.4) is 0 Å². The molecule has 112 valence electrons. The van der Waals surface area contributed by atoms with Crippen LogP contribution in [-0.4, -0.2) is 4.98 Å². The van der Waals surface area contributed by atoms with Crippen LogP contribution in [0.2, 0.25) is 0 Å². The fourth-order valence-corrected chi connectivity index (χ4v) is 1.83. The number of hydrogen-bond donors (Lipinski definition) is 1. The van der Waals surface area contributed by atoms with E-state index < -0.39 is 29.4 Å². The van der Waals surface area contributed by atoms with Crippen molar-refractivity contribution in [2.24, 2.45) is 5.73 Å². The molecule has 0 fully saturated rings. The van der Waals surface area contributed by atoms with Crippen molar-refractivity contribution in [2.45, 2.75) is 18.6 Å². The Balaban J connectivity index is 2.17. The average Bonchev–Trinajstić information content (AvgIpc) is 2.42. The Morgan fingerprint density at radius 3 is 2.38 bits per heavy atom. The predicted octanol–water partition coefficient (Wildman–Crippen LogP) is 3.62.